The molecule has 38 heavy (non-hydrogen) atoms. The smallest absolute Gasteiger partial charge is 0.329 e. The summed E-state index contributed by atoms with van der Waals surface area (Å²) in [6, 6.07) is 7.81. The van der Waals surface area contributed by atoms with Gasteiger partial charge in [-0.1, -0.05) is 0 Å². The number of halogens is 1. The summed E-state index contributed by atoms with van der Waals surface area (Å²) < 4.78 is 37.8. The molecule has 2 aliphatic heterocycles. The number of aromatic nitrogens is 1. The Kier molecular flexibility index (Phi) is 7.57. The van der Waals surface area contributed by atoms with E-state index < -0.39 is 23.8 Å². The number of pyridine rings is 1. The van der Waals surface area contributed by atoms with Crippen LogP contribution in [-0.4, -0.2) is 74.4 Å². The molecule has 2 fully saturated rings. The van der Waals surface area contributed by atoms with E-state index in [1.54, 1.807) is 38.4 Å². The molecule has 0 radical (unpaired) electrons. The van der Waals surface area contributed by atoms with E-state index in [-0.39, 0.29) is 11.4 Å². The fourth-order valence-electron chi connectivity index (χ4n) is 4.46. The van der Waals surface area contributed by atoms with Crippen molar-refractivity contribution < 1.29 is 32.9 Å². The van der Waals surface area contributed by atoms with Gasteiger partial charge in [0.25, 0.3) is 5.91 Å². The first kappa shape index (κ1) is 25.7. The van der Waals surface area contributed by atoms with Gasteiger partial charge in [0.15, 0.2) is 23.1 Å². The number of morpholine rings is 1. The van der Waals surface area contributed by atoms with Crippen LogP contribution in [0.4, 0.5) is 14.9 Å². The predicted octanol–water partition coefficient (Wildman–Crippen LogP) is 3.72. The van der Waals surface area contributed by atoms with Crippen molar-refractivity contribution in [2.24, 2.45) is 0 Å². The zero-order valence-electron chi connectivity index (χ0n) is 21.2. The van der Waals surface area contributed by atoms with Crippen LogP contribution in [0.3, 0.4) is 0 Å². The van der Waals surface area contributed by atoms with Crippen LogP contribution in [0.1, 0.15) is 13.3 Å². The number of benzene rings is 2. The second-order valence-corrected chi connectivity index (χ2v) is 9.05. The zero-order valence-corrected chi connectivity index (χ0v) is 21.2. The second kappa shape index (κ2) is 11.2. The first-order valence-electron chi connectivity index (χ1n) is 12.5. The molecule has 2 aromatic carbocycles. The Balaban J connectivity index is 1.31. The fraction of sp³-hybridized carbons (Fsp3) is 0.370. The molecular formula is C27H29FN4O6. The number of fused-ring (bicyclic) bond motifs is 1. The minimum Gasteiger partial charge on any atom is -0.493 e. The van der Waals surface area contributed by atoms with Crippen molar-refractivity contribution >= 4 is 28.5 Å². The molecule has 1 aromatic heterocycles. The lowest BCUT2D eigenvalue weighted by atomic mass is 10.1. The number of urea groups is 1. The Labute approximate surface area is 219 Å². The molecule has 10 nitrogen and oxygen atoms in total. The minimum atomic E-state index is -0.722. The van der Waals surface area contributed by atoms with E-state index in [0.29, 0.717) is 34.8 Å². The van der Waals surface area contributed by atoms with Crippen LogP contribution in [0.15, 0.2) is 42.6 Å². The number of imide groups is 1. The van der Waals surface area contributed by atoms with Crippen molar-refractivity contribution in [3.05, 3.63) is 48.4 Å². The van der Waals surface area contributed by atoms with Gasteiger partial charge in [-0.2, -0.15) is 0 Å². The molecule has 3 amide bonds. The molecule has 1 atom stereocenters. The van der Waals surface area contributed by atoms with E-state index in [2.05, 4.69) is 15.2 Å². The molecular weight excluding hydrogens is 495 g/mol. The summed E-state index contributed by atoms with van der Waals surface area (Å²) >= 11 is 0. The minimum absolute atomic E-state index is 0.0660. The van der Waals surface area contributed by atoms with Crippen molar-refractivity contribution in [2.75, 3.05) is 51.5 Å². The van der Waals surface area contributed by atoms with Crippen LogP contribution in [-0.2, 0) is 9.53 Å². The van der Waals surface area contributed by atoms with Gasteiger partial charge in [0.05, 0.1) is 38.1 Å². The first-order chi connectivity index (χ1) is 18.4. The summed E-state index contributed by atoms with van der Waals surface area (Å²) in [5.74, 6) is 0.190. The van der Waals surface area contributed by atoms with Crippen molar-refractivity contribution in [2.45, 2.75) is 19.4 Å². The highest BCUT2D eigenvalue weighted by molar-refractivity contribution is 6.21. The quantitative estimate of drug-likeness (QED) is 0.334. The molecule has 0 saturated carbocycles. The lowest BCUT2D eigenvalue weighted by Gasteiger charge is -2.26. The number of carbonyl (C=O) groups is 2. The summed E-state index contributed by atoms with van der Waals surface area (Å²) in [5.41, 5.74) is 0.718. The number of methoxy groups -OCH3 is 1. The highest BCUT2D eigenvalue weighted by atomic mass is 19.1. The molecule has 200 valence electrons. The maximum Gasteiger partial charge on any atom is 0.329 e. The third kappa shape index (κ3) is 5.34. The lowest BCUT2D eigenvalue weighted by Crippen LogP contribution is -2.37. The molecule has 3 heterocycles. The number of amides is 3. The second-order valence-electron chi connectivity index (χ2n) is 9.05. The average molecular weight is 525 g/mol. The van der Waals surface area contributed by atoms with Crippen LogP contribution in [0, 0.1) is 5.82 Å². The van der Waals surface area contributed by atoms with E-state index in [1.807, 2.05) is 0 Å². The molecule has 1 N–H and O–H groups in total. The summed E-state index contributed by atoms with van der Waals surface area (Å²) in [6.45, 7) is 6.40. The third-order valence-electron chi connectivity index (χ3n) is 6.49. The zero-order chi connectivity index (χ0) is 26.6. The van der Waals surface area contributed by atoms with Crippen LogP contribution in [0.25, 0.3) is 10.9 Å². The highest BCUT2D eigenvalue weighted by Gasteiger charge is 2.36. The van der Waals surface area contributed by atoms with Crippen LogP contribution >= 0.6 is 0 Å². The van der Waals surface area contributed by atoms with Crippen LogP contribution in [0.2, 0.25) is 0 Å². The number of ether oxygens (including phenoxy) is 4. The number of hydrogen-bond acceptors (Lipinski definition) is 8. The van der Waals surface area contributed by atoms with Gasteiger partial charge in [-0.25, -0.2) is 14.1 Å². The summed E-state index contributed by atoms with van der Waals surface area (Å²) in [7, 11) is 1.55. The Bertz CT molecular complexity index is 1350. The first-order valence-corrected chi connectivity index (χ1v) is 12.5. The van der Waals surface area contributed by atoms with Gasteiger partial charge < -0.3 is 24.3 Å². The average Bonchev–Trinajstić information content (AvgIpc) is 3.18. The van der Waals surface area contributed by atoms with E-state index in [0.717, 1.165) is 50.2 Å². The van der Waals surface area contributed by atoms with Gasteiger partial charge in [-0.15, -0.1) is 0 Å². The molecule has 2 saturated heterocycles. The molecule has 11 heteroatoms. The van der Waals surface area contributed by atoms with Gasteiger partial charge in [-0.05, 0) is 37.6 Å². The third-order valence-corrected chi connectivity index (χ3v) is 6.49. The van der Waals surface area contributed by atoms with Crippen molar-refractivity contribution in [1.82, 2.24) is 15.2 Å². The monoisotopic (exact) mass is 524 g/mol. The van der Waals surface area contributed by atoms with Gasteiger partial charge >= 0.3 is 6.03 Å². The fourth-order valence-corrected chi connectivity index (χ4v) is 4.46. The Morgan fingerprint density at radius 1 is 1.08 bits per heavy atom. The predicted molar refractivity (Wildman–Crippen MR) is 138 cm³/mol. The van der Waals surface area contributed by atoms with Crippen molar-refractivity contribution in [1.29, 1.82) is 0 Å². The number of nitrogens with one attached hydrogen (secondary N) is 1. The van der Waals surface area contributed by atoms with E-state index in [4.69, 9.17) is 18.9 Å². The Morgan fingerprint density at radius 2 is 1.89 bits per heavy atom. The van der Waals surface area contributed by atoms with Crippen LogP contribution in [0.5, 0.6) is 23.0 Å². The van der Waals surface area contributed by atoms with Crippen molar-refractivity contribution in [3.8, 4) is 23.0 Å². The normalized spacial score (nSPS) is 18.1. The van der Waals surface area contributed by atoms with Gasteiger partial charge in [0.1, 0.15) is 11.8 Å². The van der Waals surface area contributed by atoms with Gasteiger partial charge in [0, 0.05) is 43.4 Å². The van der Waals surface area contributed by atoms with Gasteiger partial charge in [-0.3, -0.25) is 14.7 Å². The molecule has 3 aromatic rings. The molecule has 0 spiro atoms. The van der Waals surface area contributed by atoms with E-state index in [1.165, 1.54) is 12.1 Å². The number of hydrogen-bond donors (Lipinski definition) is 1. The standard InChI is InChI=1S/C27H29FN4O6/c1-17-26(33)32(27(34)30-17)18-4-5-23(20(28)14-18)38-22-6-7-29-21-16-25(24(35-2)15-19(21)22)37-11-3-8-31-9-12-36-13-10-31/h4-7,14-17H,3,8-13H2,1-2H3,(H,30,34). The summed E-state index contributed by atoms with van der Waals surface area (Å²) in [5, 5.41) is 3.11. The SMILES string of the molecule is COc1cc2c(Oc3ccc(N4C(=O)NC(C)C4=O)cc3F)ccnc2cc1OCCCN1CCOCC1. The molecule has 0 aliphatic carbocycles. The van der Waals surface area contributed by atoms with E-state index >= 15 is 0 Å². The number of anilines is 1. The van der Waals surface area contributed by atoms with E-state index in [9.17, 15) is 14.0 Å². The summed E-state index contributed by atoms with van der Waals surface area (Å²) in [4.78, 5) is 32.0. The topological polar surface area (TPSA) is 102 Å². The maximum atomic E-state index is 15.0. The lowest BCUT2D eigenvalue weighted by molar-refractivity contribution is -0.117. The van der Waals surface area contributed by atoms with Crippen LogP contribution < -0.4 is 24.4 Å². The maximum absolute atomic E-state index is 15.0. The number of rotatable bonds is 9. The Morgan fingerprint density at radius 3 is 2.61 bits per heavy atom. The largest absolute Gasteiger partial charge is 0.493 e. The molecule has 2 aliphatic rings. The number of carbonyl (C=O) groups excluding carboxylic acids is 2. The molecule has 0 bridgehead atoms. The summed E-state index contributed by atoms with van der Waals surface area (Å²) in [6.07, 6.45) is 2.42. The molecule has 5 rings (SSSR count). The number of nitrogens with zero attached hydrogens (tertiary/aromatic N) is 3. The van der Waals surface area contributed by atoms with Gasteiger partial charge in [0.2, 0.25) is 0 Å². The Hall–Kier alpha value is -3.96. The van der Waals surface area contributed by atoms with Crippen molar-refractivity contribution in [3.63, 3.8) is 0 Å². The molecule has 1 unspecified atom stereocenters. The highest BCUT2D eigenvalue weighted by Crippen LogP contribution is 2.38.